The lowest BCUT2D eigenvalue weighted by Crippen LogP contribution is -2.57. The molecule has 0 aliphatic rings. The number of benzene rings is 1. The number of phenols is 1. The normalized spacial score (nSPS) is 13.9. The van der Waals surface area contributed by atoms with Gasteiger partial charge >= 0.3 is 12.1 Å². The van der Waals surface area contributed by atoms with E-state index in [1.165, 1.54) is 24.1 Å². The van der Waals surface area contributed by atoms with E-state index in [4.69, 9.17) is 4.74 Å². The summed E-state index contributed by atoms with van der Waals surface area (Å²) in [5.74, 6) is -2.20. The van der Waals surface area contributed by atoms with Crippen molar-refractivity contribution in [2.24, 2.45) is 5.92 Å². The molecule has 0 radical (unpaired) electrons. The summed E-state index contributed by atoms with van der Waals surface area (Å²) in [5, 5.41) is 15.2. The Labute approximate surface area is 207 Å². The van der Waals surface area contributed by atoms with Crippen molar-refractivity contribution in [3.8, 4) is 5.75 Å². The monoisotopic (exact) mass is 493 g/mol. The van der Waals surface area contributed by atoms with Crippen molar-refractivity contribution in [3.63, 3.8) is 0 Å². The van der Waals surface area contributed by atoms with E-state index in [0.29, 0.717) is 12.0 Å². The zero-order chi connectivity index (χ0) is 26.9. The van der Waals surface area contributed by atoms with Crippen LogP contribution in [0.15, 0.2) is 24.3 Å². The lowest BCUT2D eigenvalue weighted by molar-refractivity contribution is -0.147. The van der Waals surface area contributed by atoms with Gasteiger partial charge in [0.25, 0.3) is 0 Å². The van der Waals surface area contributed by atoms with E-state index in [9.17, 15) is 24.3 Å². The van der Waals surface area contributed by atoms with Crippen molar-refractivity contribution in [2.45, 2.75) is 78.6 Å². The van der Waals surface area contributed by atoms with Gasteiger partial charge in [-0.25, -0.2) is 4.79 Å². The molecule has 1 aromatic rings. The molecule has 10 nitrogen and oxygen atoms in total. The minimum atomic E-state index is -1.18. The van der Waals surface area contributed by atoms with E-state index < -0.39 is 54.1 Å². The Morgan fingerprint density at radius 1 is 1.11 bits per heavy atom. The summed E-state index contributed by atoms with van der Waals surface area (Å²) >= 11 is 0. The van der Waals surface area contributed by atoms with E-state index >= 15 is 0 Å². The summed E-state index contributed by atoms with van der Waals surface area (Å²) in [6.07, 6.45) is -0.250. The van der Waals surface area contributed by atoms with Crippen LogP contribution in [0.5, 0.6) is 5.75 Å². The number of hydrogen-bond acceptors (Lipinski definition) is 7. The molecule has 3 N–H and O–H groups in total. The Kier molecular flexibility index (Phi) is 11.0. The van der Waals surface area contributed by atoms with Gasteiger partial charge in [0.1, 0.15) is 30.0 Å². The van der Waals surface area contributed by atoms with Gasteiger partial charge in [0.05, 0.1) is 7.11 Å². The lowest BCUT2D eigenvalue weighted by Gasteiger charge is -2.39. The fourth-order valence-electron chi connectivity index (χ4n) is 3.37. The Bertz CT molecular complexity index is 895. The molecule has 0 heterocycles. The molecule has 3 amide bonds. The van der Waals surface area contributed by atoms with Crippen LogP contribution in [-0.4, -0.2) is 65.2 Å². The number of amides is 3. The van der Waals surface area contributed by atoms with Crippen molar-refractivity contribution in [1.82, 2.24) is 15.5 Å². The Balaban J connectivity index is 3.49. The van der Waals surface area contributed by atoms with Gasteiger partial charge in [0.15, 0.2) is 0 Å². The number of phenolic OH excluding ortho intramolecular Hbond substituents is 1. The molecule has 0 fully saturated rings. The van der Waals surface area contributed by atoms with Crippen LogP contribution in [0, 0.1) is 5.92 Å². The predicted molar refractivity (Wildman–Crippen MR) is 130 cm³/mol. The van der Waals surface area contributed by atoms with Gasteiger partial charge < -0.3 is 30.1 Å². The largest absolute Gasteiger partial charge is 0.508 e. The molecule has 0 bridgehead atoms. The number of alkyl carbamates (subject to hydrolysis) is 1. The summed E-state index contributed by atoms with van der Waals surface area (Å²) in [4.78, 5) is 52.8. The molecule has 1 rings (SSSR count). The lowest BCUT2D eigenvalue weighted by atomic mass is 9.96. The number of esters is 1. The Morgan fingerprint density at radius 3 is 2.23 bits per heavy atom. The van der Waals surface area contributed by atoms with Crippen molar-refractivity contribution in [2.75, 3.05) is 13.7 Å². The maximum absolute atomic E-state index is 13.9. The minimum absolute atomic E-state index is 0.0860. The second-order valence-corrected chi connectivity index (χ2v) is 9.66. The van der Waals surface area contributed by atoms with E-state index in [1.807, 2.05) is 6.92 Å². The molecule has 3 atom stereocenters. The molecule has 0 aliphatic heterocycles. The molecule has 0 saturated heterocycles. The molecule has 1 aromatic carbocycles. The van der Waals surface area contributed by atoms with E-state index in [2.05, 4.69) is 15.4 Å². The Morgan fingerprint density at radius 2 is 1.74 bits per heavy atom. The zero-order valence-electron chi connectivity index (χ0n) is 21.9. The van der Waals surface area contributed by atoms with Crippen LogP contribution in [0.2, 0.25) is 0 Å². The topological polar surface area (TPSA) is 134 Å². The molecule has 0 spiro atoms. The third-order valence-electron chi connectivity index (χ3n) is 5.27. The summed E-state index contributed by atoms with van der Waals surface area (Å²) in [6, 6.07) is 3.39. The molecule has 0 aliphatic carbocycles. The number of carbonyl (C=O) groups is 4. The molecular formula is C25H39N3O7. The van der Waals surface area contributed by atoms with Gasteiger partial charge in [-0.3, -0.25) is 14.4 Å². The number of methoxy groups -OCH3 is 1. The quantitative estimate of drug-likeness (QED) is 0.427. The summed E-state index contributed by atoms with van der Waals surface area (Å²) in [5.41, 5.74) is -0.413. The summed E-state index contributed by atoms with van der Waals surface area (Å²) in [7, 11) is 1.20. The number of nitrogens with one attached hydrogen (secondary N) is 2. The maximum Gasteiger partial charge on any atom is 0.408 e. The molecule has 196 valence electrons. The van der Waals surface area contributed by atoms with Crippen molar-refractivity contribution < 1.29 is 33.8 Å². The van der Waals surface area contributed by atoms with Crippen molar-refractivity contribution in [1.29, 1.82) is 0 Å². The first-order valence-electron chi connectivity index (χ1n) is 11.7. The van der Waals surface area contributed by atoms with Crippen molar-refractivity contribution in [3.05, 3.63) is 29.8 Å². The average Bonchev–Trinajstić information content (AvgIpc) is 2.76. The molecule has 3 unspecified atom stereocenters. The molecular weight excluding hydrogens is 454 g/mol. The first-order chi connectivity index (χ1) is 16.2. The van der Waals surface area contributed by atoms with Gasteiger partial charge in [-0.05, 0) is 57.7 Å². The maximum atomic E-state index is 13.9. The van der Waals surface area contributed by atoms with Gasteiger partial charge in [-0.1, -0.05) is 32.9 Å². The summed E-state index contributed by atoms with van der Waals surface area (Å²) in [6.45, 7) is 12.0. The van der Waals surface area contributed by atoms with Crippen LogP contribution >= 0.6 is 0 Å². The third-order valence-corrected chi connectivity index (χ3v) is 5.27. The summed E-state index contributed by atoms with van der Waals surface area (Å²) < 4.78 is 9.94. The van der Waals surface area contributed by atoms with Gasteiger partial charge in [0.2, 0.25) is 11.8 Å². The molecule has 0 aromatic heterocycles. The highest BCUT2D eigenvalue weighted by Crippen LogP contribution is 2.29. The minimum Gasteiger partial charge on any atom is -0.508 e. The highest BCUT2D eigenvalue weighted by Gasteiger charge is 2.39. The number of aromatic hydroxyl groups is 1. The van der Waals surface area contributed by atoms with E-state index in [1.54, 1.807) is 53.7 Å². The molecule has 0 saturated carbocycles. The van der Waals surface area contributed by atoms with Crippen LogP contribution in [0.1, 0.15) is 66.5 Å². The van der Waals surface area contributed by atoms with Crippen LogP contribution in [0.3, 0.4) is 0 Å². The predicted octanol–water partition coefficient (Wildman–Crippen LogP) is 2.90. The number of ether oxygens (including phenoxy) is 2. The molecule has 10 heteroatoms. The standard InChI is InChI=1S/C25H39N3O7/c1-9-16(4)28(23(32)20(15(2)3)27-24(33)35-25(5,6)7)21(17-11-10-12-18(29)13-17)22(31)26-14-19(30)34-8/h10-13,15-16,20-21,29H,9,14H2,1-8H3,(H,26,31)(H,27,33). The van der Waals surface area contributed by atoms with Gasteiger partial charge in [0, 0.05) is 6.04 Å². The first-order valence-corrected chi connectivity index (χ1v) is 11.7. The van der Waals surface area contributed by atoms with E-state index in [0.717, 1.165) is 0 Å². The SMILES string of the molecule is CCC(C)N(C(=O)C(NC(=O)OC(C)(C)C)C(C)C)C(C(=O)NCC(=O)OC)c1cccc(O)c1. The highest BCUT2D eigenvalue weighted by atomic mass is 16.6. The van der Waals surface area contributed by atoms with Crippen LogP contribution in [0.25, 0.3) is 0 Å². The van der Waals surface area contributed by atoms with Gasteiger partial charge in [-0.2, -0.15) is 0 Å². The first kappa shape index (κ1) is 29.7. The fraction of sp³-hybridized carbons (Fsp3) is 0.600. The van der Waals surface area contributed by atoms with Crippen molar-refractivity contribution >= 4 is 23.9 Å². The number of rotatable bonds is 10. The molecule has 35 heavy (non-hydrogen) atoms. The van der Waals surface area contributed by atoms with Gasteiger partial charge in [-0.15, -0.1) is 0 Å². The third kappa shape index (κ3) is 9.11. The number of carbonyl (C=O) groups excluding carboxylic acids is 4. The Hall–Kier alpha value is -3.30. The highest BCUT2D eigenvalue weighted by molar-refractivity contribution is 5.93. The second-order valence-electron chi connectivity index (χ2n) is 9.66. The zero-order valence-corrected chi connectivity index (χ0v) is 21.9. The smallest absolute Gasteiger partial charge is 0.408 e. The fourth-order valence-corrected chi connectivity index (χ4v) is 3.37. The number of hydrogen-bond donors (Lipinski definition) is 3. The van der Waals surface area contributed by atoms with Crippen LogP contribution in [0.4, 0.5) is 4.79 Å². The van der Waals surface area contributed by atoms with Crippen LogP contribution < -0.4 is 10.6 Å². The second kappa shape index (κ2) is 13.0. The average molecular weight is 494 g/mol. The van der Waals surface area contributed by atoms with E-state index in [-0.39, 0.29) is 11.7 Å². The number of nitrogens with zero attached hydrogens (tertiary/aromatic N) is 1. The van der Waals surface area contributed by atoms with Crippen LogP contribution in [-0.2, 0) is 23.9 Å².